The van der Waals surface area contributed by atoms with Crippen molar-refractivity contribution >= 4 is 29.1 Å². The smallest absolute Gasteiger partial charge is 0.308 e. The molecule has 10 nitrogen and oxygen atoms in total. The molecule has 0 radical (unpaired) electrons. The summed E-state index contributed by atoms with van der Waals surface area (Å²) in [5.74, 6) is -0.661. The molecular formula is C20H20N4O6. The number of ether oxygens (including phenoxy) is 2. The van der Waals surface area contributed by atoms with Gasteiger partial charge in [0.15, 0.2) is 0 Å². The Hall–Kier alpha value is -3.95. The van der Waals surface area contributed by atoms with Crippen molar-refractivity contribution in [3.63, 3.8) is 0 Å². The van der Waals surface area contributed by atoms with Gasteiger partial charge in [-0.3, -0.25) is 19.7 Å². The summed E-state index contributed by atoms with van der Waals surface area (Å²) in [6.45, 7) is 2.58. The number of nitro benzene ring substituents is 1. The van der Waals surface area contributed by atoms with Crippen molar-refractivity contribution in [2.24, 2.45) is 5.10 Å². The molecule has 0 fully saturated rings. The molecule has 0 aliphatic carbocycles. The third-order valence-corrected chi connectivity index (χ3v) is 4.31. The molecule has 2 aromatic rings. The third kappa shape index (κ3) is 4.07. The molecule has 0 aromatic heterocycles. The van der Waals surface area contributed by atoms with E-state index in [0.29, 0.717) is 16.8 Å². The summed E-state index contributed by atoms with van der Waals surface area (Å²) in [4.78, 5) is 36.2. The Kier molecular flexibility index (Phi) is 5.67. The second-order valence-corrected chi connectivity index (χ2v) is 6.73. The first-order valence-corrected chi connectivity index (χ1v) is 8.97. The van der Waals surface area contributed by atoms with Crippen LogP contribution >= 0.6 is 0 Å². The quantitative estimate of drug-likeness (QED) is 0.321. The molecule has 0 bridgehead atoms. The first kappa shape index (κ1) is 20.8. The van der Waals surface area contributed by atoms with Crippen molar-refractivity contribution in [3.8, 4) is 5.75 Å². The number of hydrogen-bond donors (Lipinski definition) is 0. The van der Waals surface area contributed by atoms with Crippen LogP contribution in [0.3, 0.4) is 0 Å². The summed E-state index contributed by atoms with van der Waals surface area (Å²) in [7, 11) is 3.40. The highest BCUT2D eigenvalue weighted by molar-refractivity contribution is 5.97. The Morgan fingerprint density at radius 2 is 1.90 bits per heavy atom. The Morgan fingerprint density at radius 3 is 2.50 bits per heavy atom. The minimum atomic E-state index is -0.986. The highest BCUT2D eigenvalue weighted by Crippen LogP contribution is 2.37. The fraction of sp³-hybridized carbons (Fsp3) is 0.250. The number of rotatable bonds is 5. The Bertz CT molecular complexity index is 1050. The average Bonchev–Trinajstić information content (AvgIpc) is 3.13. The van der Waals surface area contributed by atoms with Gasteiger partial charge >= 0.3 is 5.97 Å². The van der Waals surface area contributed by atoms with Crippen molar-refractivity contribution in [1.29, 1.82) is 0 Å². The maximum atomic E-state index is 12.2. The predicted octanol–water partition coefficient (Wildman–Crippen LogP) is 2.83. The highest BCUT2D eigenvalue weighted by atomic mass is 16.6. The van der Waals surface area contributed by atoms with Gasteiger partial charge in [0, 0.05) is 39.6 Å². The van der Waals surface area contributed by atoms with E-state index in [-0.39, 0.29) is 17.3 Å². The van der Waals surface area contributed by atoms with Gasteiger partial charge < -0.3 is 14.4 Å². The number of amides is 1. The van der Waals surface area contributed by atoms with E-state index in [1.165, 1.54) is 19.9 Å². The molecule has 0 saturated heterocycles. The molecule has 1 aliphatic rings. The molecule has 0 N–H and O–H groups in total. The molecule has 0 saturated carbocycles. The van der Waals surface area contributed by atoms with Crippen LogP contribution in [0.15, 0.2) is 47.6 Å². The van der Waals surface area contributed by atoms with E-state index in [4.69, 9.17) is 9.47 Å². The molecule has 0 unspecified atom stereocenters. The second kappa shape index (κ2) is 8.19. The summed E-state index contributed by atoms with van der Waals surface area (Å²) < 4.78 is 11.1. The maximum Gasteiger partial charge on any atom is 0.308 e. The van der Waals surface area contributed by atoms with Crippen LogP contribution in [0.25, 0.3) is 0 Å². The lowest BCUT2D eigenvalue weighted by molar-refractivity contribution is -0.384. The monoisotopic (exact) mass is 412 g/mol. The van der Waals surface area contributed by atoms with E-state index < -0.39 is 23.0 Å². The molecule has 1 amide bonds. The number of nitro groups is 1. The first-order valence-electron chi connectivity index (χ1n) is 8.97. The van der Waals surface area contributed by atoms with Crippen LogP contribution in [0.5, 0.6) is 5.75 Å². The number of para-hydroxylation sites is 1. The van der Waals surface area contributed by atoms with Crippen LogP contribution in [0.1, 0.15) is 31.2 Å². The van der Waals surface area contributed by atoms with E-state index >= 15 is 0 Å². The van der Waals surface area contributed by atoms with Crippen LogP contribution < -0.4 is 9.64 Å². The fourth-order valence-electron chi connectivity index (χ4n) is 3.00. The Labute approximate surface area is 172 Å². The van der Waals surface area contributed by atoms with E-state index in [2.05, 4.69) is 5.10 Å². The lowest BCUT2D eigenvalue weighted by Crippen LogP contribution is -2.26. The SMILES string of the molecule is CC(=O)Oc1ccccc1[C@H]1OC(c2ccc(N(C)C)c([N+](=O)[O-])c2)=NN1C(C)=O. The molecule has 1 atom stereocenters. The minimum absolute atomic E-state index is 0.0428. The fourth-order valence-corrected chi connectivity index (χ4v) is 3.00. The molecule has 1 aliphatic heterocycles. The highest BCUT2D eigenvalue weighted by Gasteiger charge is 2.36. The molecule has 10 heteroatoms. The zero-order chi connectivity index (χ0) is 22.0. The van der Waals surface area contributed by atoms with Gasteiger partial charge in [-0.15, -0.1) is 5.10 Å². The minimum Gasteiger partial charge on any atom is -0.446 e. The summed E-state index contributed by atoms with van der Waals surface area (Å²) in [6, 6.07) is 11.2. The van der Waals surface area contributed by atoms with Crippen LogP contribution in [0, 0.1) is 10.1 Å². The summed E-state index contributed by atoms with van der Waals surface area (Å²) in [5.41, 5.74) is 1.05. The normalized spacial score (nSPS) is 15.3. The van der Waals surface area contributed by atoms with Crippen LogP contribution in [-0.4, -0.2) is 41.8 Å². The van der Waals surface area contributed by atoms with Crippen molar-refractivity contribution in [2.45, 2.75) is 20.1 Å². The van der Waals surface area contributed by atoms with Gasteiger partial charge in [-0.05, 0) is 24.3 Å². The molecule has 3 rings (SSSR count). The van der Waals surface area contributed by atoms with Crippen molar-refractivity contribution in [1.82, 2.24) is 5.01 Å². The Morgan fingerprint density at radius 1 is 1.20 bits per heavy atom. The van der Waals surface area contributed by atoms with Gasteiger partial charge in [0.2, 0.25) is 18.0 Å². The van der Waals surface area contributed by atoms with Gasteiger partial charge in [-0.25, -0.2) is 0 Å². The molecular weight excluding hydrogens is 392 g/mol. The summed E-state index contributed by atoms with van der Waals surface area (Å²) >= 11 is 0. The first-order chi connectivity index (χ1) is 14.2. The van der Waals surface area contributed by atoms with Gasteiger partial charge in [-0.1, -0.05) is 12.1 Å². The average molecular weight is 412 g/mol. The number of carbonyl (C=O) groups is 2. The number of carbonyl (C=O) groups excluding carboxylic acids is 2. The largest absolute Gasteiger partial charge is 0.446 e. The second-order valence-electron chi connectivity index (χ2n) is 6.73. The Balaban J connectivity index is 2.02. The number of nitrogens with zero attached hydrogens (tertiary/aromatic N) is 4. The summed E-state index contributed by atoms with van der Waals surface area (Å²) in [5, 5.41) is 16.8. The lowest BCUT2D eigenvalue weighted by atomic mass is 10.1. The van der Waals surface area contributed by atoms with Crippen molar-refractivity contribution in [3.05, 3.63) is 63.7 Å². The zero-order valence-corrected chi connectivity index (χ0v) is 16.9. The molecule has 2 aromatic carbocycles. The van der Waals surface area contributed by atoms with Gasteiger partial charge in [0.05, 0.1) is 10.5 Å². The maximum absolute atomic E-state index is 12.2. The molecule has 1 heterocycles. The molecule has 156 valence electrons. The van der Waals surface area contributed by atoms with Gasteiger partial charge in [0.1, 0.15) is 11.4 Å². The third-order valence-electron chi connectivity index (χ3n) is 4.31. The van der Waals surface area contributed by atoms with Crippen LogP contribution in [-0.2, 0) is 14.3 Å². The van der Waals surface area contributed by atoms with E-state index in [1.807, 2.05) is 0 Å². The molecule has 30 heavy (non-hydrogen) atoms. The topological polar surface area (TPSA) is 115 Å². The molecule has 0 spiro atoms. The number of hydrazone groups is 1. The number of benzene rings is 2. The van der Waals surface area contributed by atoms with E-state index in [0.717, 1.165) is 5.01 Å². The van der Waals surface area contributed by atoms with Crippen molar-refractivity contribution < 1.29 is 24.0 Å². The lowest BCUT2D eigenvalue weighted by Gasteiger charge is -2.21. The van der Waals surface area contributed by atoms with Crippen LogP contribution in [0.2, 0.25) is 0 Å². The van der Waals surface area contributed by atoms with Crippen LogP contribution in [0.4, 0.5) is 11.4 Å². The van der Waals surface area contributed by atoms with E-state index in [1.54, 1.807) is 55.4 Å². The summed E-state index contributed by atoms with van der Waals surface area (Å²) in [6.07, 6.45) is -0.986. The van der Waals surface area contributed by atoms with Gasteiger partial charge in [0.25, 0.3) is 5.69 Å². The zero-order valence-electron chi connectivity index (χ0n) is 16.9. The van der Waals surface area contributed by atoms with Crippen molar-refractivity contribution in [2.75, 3.05) is 19.0 Å². The number of anilines is 1. The standard InChI is InChI=1S/C20H20N4O6/c1-12(25)23-20(15-7-5-6-8-18(15)29-13(2)26)30-19(21-23)14-9-10-16(22(3)4)17(11-14)24(27)28/h5-11,20H,1-4H3/t20-/m1/s1. The number of hydrogen-bond acceptors (Lipinski definition) is 8. The van der Waals surface area contributed by atoms with E-state index in [9.17, 15) is 19.7 Å². The van der Waals surface area contributed by atoms with Gasteiger partial charge in [-0.2, -0.15) is 5.01 Å². The number of esters is 1. The predicted molar refractivity (Wildman–Crippen MR) is 108 cm³/mol.